The van der Waals surface area contributed by atoms with Crippen LogP contribution in [0.5, 0.6) is 11.6 Å². The van der Waals surface area contributed by atoms with E-state index in [-0.39, 0.29) is 24.9 Å². The van der Waals surface area contributed by atoms with E-state index in [0.717, 1.165) is 31.2 Å². The number of rotatable bonds is 20. The molecule has 12 heteroatoms. The van der Waals surface area contributed by atoms with Crippen LogP contribution in [0.2, 0.25) is 0 Å². The van der Waals surface area contributed by atoms with Crippen molar-refractivity contribution < 1.29 is 33.3 Å². The molecule has 0 spiro atoms. The number of anilines is 1. The van der Waals surface area contributed by atoms with Gasteiger partial charge in [-0.15, -0.1) is 0 Å². The largest absolute Gasteiger partial charge is 0.479 e. The number of carbonyl (C=O) groups is 3. The van der Waals surface area contributed by atoms with Gasteiger partial charge in [0.25, 0.3) is 0 Å². The first-order valence-electron chi connectivity index (χ1n) is 18.1. The standard InChI is InChI=1S/C39H51N5O7/c1-7-14-32(38(47)49-11-5)50-30-23-21-29(22-24-30)44(34(45)16-13-12-15-27-17-19-28(20-18-27)37(46)48-10-4)39(6,25-8-2)51-36-35-31(26-40-43-35)41-33(9-3)42-36/h17-24,26,32H,7-16,25H2,1-6H3,(H,40,43). The second kappa shape index (κ2) is 18.8. The van der Waals surface area contributed by atoms with E-state index in [1.807, 2.05) is 52.0 Å². The van der Waals surface area contributed by atoms with Gasteiger partial charge in [-0.05, 0) is 88.4 Å². The minimum Gasteiger partial charge on any atom is -0.479 e. The number of amides is 1. The fourth-order valence-corrected chi connectivity index (χ4v) is 5.95. The van der Waals surface area contributed by atoms with Crippen molar-refractivity contribution in [1.82, 2.24) is 20.2 Å². The fraction of sp³-hybridized carbons (Fsp3) is 0.487. The Morgan fingerprint density at radius 1 is 0.882 bits per heavy atom. The molecule has 0 bridgehead atoms. The monoisotopic (exact) mass is 701 g/mol. The van der Waals surface area contributed by atoms with Gasteiger partial charge in [-0.1, -0.05) is 45.7 Å². The van der Waals surface area contributed by atoms with Gasteiger partial charge in [0.05, 0.1) is 25.0 Å². The van der Waals surface area contributed by atoms with Gasteiger partial charge >= 0.3 is 11.9 Å². The fourth-order valence-electron chi connectivity index (χ4n) is 5.95. The zero-order valence-electron chi connectivity index (χ0n) is 30.7. The lowest BCUT2D eigenvalue weighted by Crippen LogP contribution is -2.54. The highest BCUT2D eigenvalue weighted by molar-refractivity contribution is 5.94. The van der Waals surface area contributed by atoms with E-state index in [2.05, 4.69) is 15.2 Å². The molecule has 0 aliphatic rings. The molecule has 2 heterocycles. The Bertz CT molecular complexity index is 1720. The molecule has 0 saturated heterocycles. The number of aromatic nitrogens is 4. The highest BCUT2D eigenvalue weighted by Crippen LogP contribution is 2.35. The zero-order chi connectivity index (χ0) is 36.8. The average molecular weight is 702 g/mol. The molecule has 12 nitrogen and oxygen atoms in total. The van der Waals surface area contributed by atoms with E-state index in [4.69, 9.17) is 23.9 Å². The lowest BCUT2D eigenvalue weighted by molar-refractivity contribution is -0.151. The molecule has 4 rings (SSSR count). The van der Waals surface area contributed by atoms with Crippen molar-refractivity contribution in [2.75, 3.05) is 18.1 Å². The second-order valence-electron chi connectivity index (χ2n) is 12.5. The SMILES string of the molecule is CCCC(Oc1ccc(N(C(=O)CCCCc2ccc(C(=O)OCC)cc2)C(C)(CCC)Oc2nc(CC)nc3cn[nH]c23)cc1)C(=O)OCC. The molecular weight excluding hydrogens is 650 g/mol. The summed E-state index contributed by atoms with van der Waals surface area (Å²) < 4.78 is 23.1. The van der Waals surface area contributed by atoms with Crippen molar-refractivity contribution >= 4 is 34.6 Å². The van der Waals surface area contributed by atoms with Gasteiger partial charge in [0, 0.05) is 24.9 Å². The van der Waals surface area contributed by atoms with Crippen LogP contribution in [-0.4, -0.2) is 63.1 Å². The maximum atomic E-state index is 14.3. The van der Waals surface area contributed by atoms with E-state index in [1.165, 1.54) is 0 Å². The smallest absolute Gasteiger partial charge is 0.347 e. The van der Waals surface area contributed by atoms with Gasteiger partial charge in [-0.25, -0.2) is 14.6 Å². The van der Waals surface area contributed by atoms with Gasteiger partial charge < -0.3 is 18.9 Å². The van der Waals surface area contributed by atoms with E-state index >= 15 is 0 Å². The summed E-state index contributed by atoms with van der Waals surface area (Å²) in [6.45, 7) is 12.0. The number of aryl methyl sites for hydroxylation is 2. The Labute approximate surface area is 300 Å². The normalized spacial score (nSPS) is 12.9. The average Bonchev–Trinajstić information content (AvgIpc) is 3.60. The third-order valence-corrected chi connectivity index (χ3v) is 8.43. The molecule has 2 aromatic heterocycles. The van der Waals surface area contributed by atoms with Crippen molar-refractivity contribution in [1.29, 1.82) is 0 Å². The number of unbranched alkanes of at least 4 members (excludes halogenated alkanes) is 1. The third kappa shape index (κ3) is 10.3. The molecule has 1 amide bonds. The molecule has 2 unspecified atom stereocenters. The van der Waals surface area contributed by atoms with E-state index in [9.17, 15) is 14.4 Å². The van der Waals surface area contributed by atoms with Crippen LogP contribution in [0, 0.1) is 0 Å². The predicted octanol–water partition coefficient (Wildman–Crippen LogP) is 7.54. The zero-order valence-corrected chi connectivity index (χ0v) is 30.7. The van der Waals surface area contributed by atoms with Crippen LogP contribution >= 0.6 is 0 Å². The second-order valence-corrected chi connectivity index (χ2v) is 12.5. The Kier molecular flexibility index (Phi) is 14.3. The summed E-state index contributed by atoms with van der Waals surface area (Å²) in [5.74, 6) is 0.570. The maximum Gasteiger partial charge on any atom is 0.347 e. The number of ether oxygens (including phenoxy) is 4. The van der Waals surface area contributed by atoms with Gasteiger partial charge in [-0.3, -0.25) is 14.8 Å². The van der Waals surface area contributed by atoms with Crippen LogP contribution < -0.4 is 14.4 Å². The van der Waals surface area contributed by atoms with Crippen LogP contribution in [0.4, 0.5) is 5.69 Å². The van der Waals surface area contributed by atoms with Crippen LogP contribution in [0.1, 0.15) is 108 Å². The van der Waals surface area contributed by atoms with Crippen molar-refractivity contribution in [2.45, 2.75) is 111 Å². The number of hydrogen-bond acceptors (Lipinski definition) is 10. The van der Waals surface area contributed by atoms with Crippen molar-refractivity contribution in [3.8, 4) is 11.6 Å². The minimum atomic E-state index is -1.13. The number of H-pyrrole nitrogens is 1. The summed E-state index contributed by atoms with van der Waals surface area (Å²) >= 11 is 0. The molecule has 1 N–H and O–H groups in total. The Morgan fingerprint density at radius 3 is 2.25 bits per heavy atom. The quantitative estimate of drug-likeness (QED) is 0.0557. The third-order valence-electron chi connectivity index (χ3n) is 8.43. The lowest BCUT2D eigenvalue weighted by Gasteiger charge is -2.41. The Balaban J connectivity index is 1.60. The van der Waals surface area contributed by atoms with Crippen LogP contribution in [0.25, 0.3) is 11.0 Å². The predicted molar refractivity (Wildman–Crippen MR) is 195 cm³/mol. The summed E-state index contributed by atoms with van der Waals surface area (Å²) in [5.41, 5.74) is 2.26. The maximum absolute atomic E-state index is 14.3. The number of hydrogen-bond donors (Lipinski definition) is 1. The number of esters is 2. The first-order valence-corrected chi connectivity index (χ1v) is 18.1. The molecule has 0 saturated carbocycles. The lowest BCUT2D eigenvalue weighted by atomic mass is 10.0. The molecule has 0 radical (unpaired) electrons. The molecular formula is C39H51N5O7. The Morgan fingerprint density at radius 2 is 1.61 bits per heavy atom. The van der Waals surface area contributed by atoms with Crippen molar-refractivity contribution in [3.63, 3.8) is 0 Å². The van der Waals surface area contributed by atoms with Crippen LogP contribution in [0.15, 0.2) is 54.7 Å². The highest BCUT2D eigenvalue weighted by atomic mass is 16.6. The number of carbonyl (C=O) groups excluding carboxylic acids is 3. The van der Waals surface area contributed by atoms with E-state index in [1.54, 1.807) is 49.2 Å². The molecule has 2 atom stereocenters. The minimum absolute atomic E-state index is 0.113. The molecule has 51 heavy (non-hydrogen) atoms. The summed E-state index contributed by atoms with van der Waals surface area (Å²) in [4.78, 5) is 49.9. The molecule has 274 valence electrons. The molecule has 2 aromatic carbocycles. The van der Waals surface area contributed by atoms with Gasteiger partial charge in [0.15, 0.2) is 11.8 Å². The first kappa shape index (κ1) is 38.8. The molecule has 4 aromatic rings. The highest BCUT2D eigenvalue weighted by Gasteiger charge is 2.39. The number of nitrogens with one attached hydrogen (secondary N) is 1. The topological polar surface area (TPSA) is 146 Å². The van der Waals surface area contributed by atoms with Gasteiger partial charge in [-0.2, -0.15) is 10.1 Å². The van der Waals surface area contributed by atoms with Crippen LogP contribution in [-0.2, 0) is 31.9 Å². The van der Waals surface area contributed by atoms with E-state index < -0.39 is 17.8 Å². The van der Waals surface area contributed by atoms with Gasteiger partial charge in [0.1, 0.15) is 22.6 Å². The van der Waals surface area contributed by atoms with Crippen molar-refractivity contribution in [2.24, 2.45) is 0 Å². The molecule has 0 aliphatic carbocycles. The van der Waals surface area contributed by atoms with Gasteiger partial charge in [0.2, 0.25) is 11.8 Å². The Hall–Kier alpha value is -5.00. The first-order chi connectivity index (χ1) is 24.7. The number of fused-ring (bicyclic) bond motifs is 1. The summed E-state index contributed by atoms with van der Waals surface area (Å²) in [6.07, 6.45) is 6.43. The molecule has 0 aliphatic heterocycles. The number of benzene rings is 2. The van der Waals surface area contributed by atoms with Crippen molar-refractivity contribution in [3.05, 3.63) is 71.7 Å². The molecule has 0 fully saturated rings. The summed E-state index contributed by atoms with van der Waals surface area (Å²) in [7, 11) is 0. The van der Waals surface area contributed by atoms with Crippen LogP contribution in [0.3, 0.4) is 0 Å². The summed E-state index contributed by atoms with van der Waals surface area (Å²) in [6, 6.07) is 14.5. The number of aromatic amines is 1. The summed E-state index contributed by atoms with van der Waals surface area (Å²) in [5, 5.41) is 7.12. The van der Waals surface area contributed by atoms with E-state index in [0.29, 0.717) is 72.0 Å². The number of nitrogens with zero attached hydrogens (tertiary/aromatic N) is 4.